The normalized spacial score (nSPS) is 22.6. The third-order valence-electron chi connectivity index (χ3n) is 5.24. The van der Waals surface area contributed by atoms with Crippen LogP contribution in [0.15, 0.2) is 41.4 Å². The zero-order valence-corrected chi connectivity index (χ0v) is 14.1. The van der Waals surface area contributed by atoms with Gasteiger partial charge >= 0.3 is 0 Å². The van der Waals surface area contributed by atoms with Gasteiger partial charge in [-0.2, -0.15) is 11.3 Å². The first-order valence-electron chi connectivity index (χ1n) is 8.20. The summed E-state index contributed by atoms with van der Waals surface area (Å²) >= 11 is 1.54. The maximum absolute atomic E-state index is 12.5. The first kappa shape index (κ1) is 15.3. The van der Waals surface area contributed by atoms with E-state index in [1.807, 2.05) is 40.1 Å². The van der Waals surface area contributed by atoms with Crippen LogP contribution in [0, 0.1) is 0 Å². The second-order valence-electron chi connectivity index (χ2n) is 6.55. The van der Waals surface area contributed by atoms with Gasteiger partial charge in [0.15, 0.2) is 0 Å². The van der Waals surface area contributed by atoms with Crippen LogP contribution in [-0.2, 0) is 4.79 Å². The van der Waals surface area contributed by atoms with Crippen molar-refractivity contribution in [3.8, 4) is 0 Å². The van der Waals surface area contributed by atoms with Crippen LogP contribution < -0.4 is 5.32 Å². The van der Waals surface area contributed by atoms with E-state index in [1.165, 1.54) is 11.3 Å². The minimum Gasteiger partial charge on any atom is -0.350 e. The average Bonchev–Trinajstić information content (AvgIpc) is 3.24. The van der Waals surface area contributed by atoms with E-state index < -0.39 is 0 Å². The highest BCUT2D eigenvalue weighted by Gasteiger charge is 2.49. The average molecular weight is 341 g/mol. The second kappa shape index (κ2) is 6.02. The van der Waals surface area contributed by atoms with Gasteiger partial charge in [0.2, 0.25) is 5.91 Å². The van der Waals surface area contributed by atoms with Crippen LogP contribution in [0.3, 0.4) is 0 Å². The topological polar surface area (TPSA) is 62.3 Å². The van der Waals surface area contributed by atoms with Gasteiger partial charge in [-0.15, -0.1) is 0 Å². The van der Waals surface area contributed by atoms with Crippen molar-refractivity contribution in [1.29, 1.82) is 0 Å². The highest BCUT2D eigenvalue weighted by molar-refractivity contribution is 7.08. The van der Waals surface area contributed by atoms with Gasteiger partial charge in [-0.25, -0.2) is 0 Å². The molecule has 0 bridgehead atoms. The fourth-order valence-electron chi connectivity index (χ4n) is 3.97. The molecule has 2 aliphatic heterocycles. The van der Waals surface area contributed by atoms with Crippen molar-refractivity contribution in [3.05, 3.63) is 52.5 Å². The molecular formula is C18H19N3O2S. The molecule has 124 valence electrons. The third kappa shape index (κ3) is 2.60. The van der Waals surface area contributed by atoms with Crippen molar-refractivity contribution in [1.82, 2.24) is 15.2 Å². The van der Waals surface area contributed by atoms with Crippen molar-refractivity contribution in [2.45, 2.75) is 30.7 Å². The van der Waals surface area contributed by atoms with Crippen LogP contribution in [0.1, 0.15) is 41.1 Å². The number of pyridine rings is 1. The fraction of sp³-hybridized carbons (Fsp3) is 0.389. The number of nitrogens with zero attached hydrogens (tertiary/aromatic N) is 2. The van der Waals surface area contributed by atoms with Crippen LogP contribution in [0.2, 0.25) is 0 Å². The molecule has 1 spiro atoms. The number of aromatic nitrogens is 1. The Kier molecular flexibility index (Phi) is 3.84. The lowest BCUT2D eigenvalue weighted by Gasteiger charge is -2.42. The number of carbonyl (C=O) groups excluding carboxylic acids is 2. The maximum atomic E-state index is 12.5. The Labute approximate surface area is 144 Å². The SMILES string of the molecule is O=C1CC(c2cccnc2)C2(CCN(C(=O)c3ccsc3)CC2)N1. The molecule has 0 aliphatic carbocycles. The first-order valence-corrected chi connectivity index (χ1v) is 9.15. The quantitative estimate of drug-likeness (QED) is 0.912. The molecule has 2 aromatic rings. The Morgan fingerprint density at radius 3 is 2.83 bits per heavy atom. The zero-order valence-electron chi connectivity index (χ0n) is 13.3. The molecule has 4 rings (SSSR count). The third-order valence-corrected chi connectivity index (χ3v) is 5.93. The molecule has 2 aromatic heterocycles. The van der Waals surface area contributed by atoms with Gasteiger partial charge in [0.25, 0.3) is 5.91 Å². The molecule has 1 N–H and O–H groups in total. The minimum atomic E-state index is -0.245. The number of likely N-dealkylation sites (tertiary alicyclic amines) is 1. The smallest absolute Gasteiger partial charge is 0.254 e. The number of amides is 2. The molecule has 2 amide bonds. The van der Waals surface area contributed by atoms with Gasteiger partial charge in [-0.3, -0.25) is 14.6 Å². The Morgan fingerprint density at radius 2 is 2.17 bits per heavy atom. The van der Waals surface area contributed by atoms with E-state index in [-0.39, 0.29) is 23.3 Å². The van der Waals surface area contributed by atoms with Crippen molar-refractivity contribution in [2.24, 2.45) is 0 Å². The van der Waals surface area contributed by atoms with Crippen molar-refractivity contribution in [2.75, 3.05) is 13.1 Å². The predicted octanol–water partition coefficient (Wildman–Crippen LogP) is 2.42. The lowest BCUT2D eigenvalue weighted by atomic mass is 9.74. The number of hydrogen-bond donors (Lipinski definition) is 1. The fourth-order valence-corrected chi connectivity index (χ4v) is 4.60. The van der Waals surface area contributed by atoms with Crippen LogP contribution in [0.5, 0.6) is 0 Å². The summed E-state index contributed by atoms with van der Waals surface area (Å²) in [6.45, 7) is 1.34. The predicted molar refractivity (Wildman–Crippen MR) is 91.9 cm³/mol. The monoisotopic (exact) mass is 341 g/mol. The maximum Gasteiger partial charge on any atom is 0.254 e. The number of piperidine rings is 1. The highest BCUT2D eigenvalue weighted by atomic mass is 32.1. The molecule has 2 fully saturated rings. The van der Waals surface area contributed by atoms with Gasteiger partial charge in [0.1, 0.15) is 0 Å². The molecule has 1 atom stereocenters. The lowest BCUT2D eigenvalue weighted by molar-refractivity contribution is -0.120. The van der Waals surface area contributed by atoms with Gasteiger partial charge in [-0.1, -0.05) is 6.07 Å². The lowest BCUT2D eigenvalue weighted by Crippen LogP contribution is -2.54. The summed E-state index contributed by atoms with van der Waals surface area (Å²) in [6, 6.07) is 5.83. The van der Waals surface area contributed by atoms with Crippen LogP contribution in [0.25, 0.3) is 0 Å². The summed E-state index contributed by atoms with van der Waals surface area (Å²) in [5.74, 6) is 0.326. The van der Waals surface area contributed by atoms with Gasteiger partial charge in [0, 0.05) is 43.2 Å². The van der Waals surface area contributed by atoms with Crippen LogP contribution in [-0.4, -0.2) is 40.3 Å². The standard InChI is InChI=1S/C18H19N3O2S/c22-16-10-15(13-2-1-6-19-11-13)18(20-16)4-7-21(8-5-18)17(23)14-3-9-24-12-14/h1-3,6,9,11-12,15H,4-5,7-8,10H2,(H,20,22). The van der Waals surface area contributed by atoms with Crippen molar-refractivity contribution < 1.29 is 9.59 Å². The number of hydrogen-bond acceptors (Lipinski definition) is 4. The van der Waals surface area contributed by atoms with E-state index in [1.54, 1.807) is 6.20 Å². The summed E-state index contributed by atoms with van der Waals surface area (Å²) in [5.41, 5.74) is 1.62. The van der Waals surface area contributed by atoms with Crippen LogP contribution in [0.4, 0.5) is 0 Å². The second-order valence-corrected chi connectivity index (χ2v) is 7.33. The molecule has 0 radical (unpaired) electrons. The van der Waals surface area contributed by atoms with E-state index in [2.05, 4.69) is 10.3 Å². The molecule has 4 heterocycles. The Hall–Kier alpha value is -2.21. The van der Waals surface area contributed by atoms with E-state index in [4.69, 9.17) is 0 Å². The van der Waals surface area contributed by atoms with E-state index >= 15 is 0 Å². The highest BCUT2D eigenvalue weighted by Crippen LogP contribution is 2.43. The number of nitrogens with one attached hydrogen (secondary N) is 1. The first-order chi connectivity index (χ1) is 11.7. The summed E-state index contributed by atoms with van der Waals surface area (Å²) in [6.07, 6.45) is 5.69. The summed E-state index contributed by atoms with van der Waals surface area (Å²) < 4.78 is 0. The van der Waals surface area contributed by atoms with Crippen LogP contribution >= 0.6 is 11.3 Å². The summed E-state index contributed by atoms with van der Waals surface area (Å²) in [4.78, 5) is 30.7. The van der Waals surface area contributed by atoms with Gasteiger partial charge < -0.3 is 10.2 Å². The van der Waals surface area contributed by atoms with E-state index in [9.17, 15) is 9.59 Å². The van der Waals surface area contributed by atoms with Gasteiger partial charge in [-0.05, 0) is 35.9 Å². The molecule has 6 heteroatoms. The van der Waals surface area contributed by atoms with E-state index in [0.29, 0.717) is 19.5 Å². The molecule has 5 nitrogen and oxygen atoms in total. The van der Waals surface area contributed by atoms with Crippen molar-refractivity contribution >= 4 is 23.2 Å². The molecule has 0 aromatic carbocycles. The Bertz CT molecular complexity index is 737. The largest absolute Gasteiger partial charge is 0.350 e. The zero-order chi connectivity index (χ0) is 16.6. The molecule has 24 heavy (non-hydrogen) atoms. The molecule has 1 unspecified atom stereocenters. The minimum absolute atomic E-state index is 0.0911. The molecular weight excluding hydrogens is 322 g/mol. The summed E-state index contributed by atoms with van der Waals surface area (Å²) in [7, 11) is 0. The Morgan fingerprint density at radius 1 is 1.33 bits per heavy atom. The summed E-state index contributed by atoms with van der Waals surface area (Å²) in [5, 5.41) is 7.03. The van der Waals surface area contributed by atoms with E-state index in [0.717, 1.165) is 24.0 Å². The number of rotatable bonds is 2. The molecule has 2 saturated heterocycles. The molecule has 2 aliphatic rings. The van der Waals surface area contributed by atoms with Gasteiger partial charge in [0.05, 0.1) is 11.1 Å². The van der Waals surface area contributed by atoms with Crippen molar-refractivity contribution in [3.63, 3.8) is 0 Å². The number of thiophene rings is 1. The Balaban J connectivity index is 1.52. The molecule has 0 saturated carbocycles. The number of carbonyl (C=O) groups is 2.